The Morgan fingerprint density at radius 1 is 0.816 bits per heavy atom. The van der Waals surface area contributed by atoms with Crippen LogP contribution in [0.4, 0.5) is 22.0 Å². The fourth-order valence-corrected chi connectivity index (χ4v) is 4.92. The predicted molar refractivity (Wildman–Crippen MR) is 141 cm³/mol. The van der Waals surface area contributed by atoms with Crippen LogP contribution in [0.5, 0.6) is 11.5 Å². The molecule has 1 N–H and O–H groups in total. The topological polar surface area (TPSA) is 46.5 Å². The minimum atomic E-state index is -5.60. The number of halogens is 5. The van der Waals surface area contributed by atoms with Crippen LogP contribution in [0.15, 0.2) is 78.9 Å². The highest BCUT2D eigenvalue weighted by atomic mass is 32.2. The maximum atomic E-state index is 13.0. The van der Waals surface area contributed by atoms with Gasteiger partial charge in [0.05, 0.1) is 12.4 Å². The van der Waals surface area contributed by atoms with Crippen molar-refractivity contribution in [1.29, 1.82) is 0 Å². The third kappa shape index (κ3) is 7.90. The van der Waals surface area contributed by atoms with Crippen LogP contribution in [-0.2, 0) is 10.8 Å². The molecule has 0 saturated heterocycles. The number of aromatic hydroxyl groups is 1. The summed E-state index contributed by atoms with van der Waals surface area (Å²) in [4.78, 5) is 0. The van der Waals surface area contributed by atoms with E-state index in [1.807, 2.05) is 54.6 Å². The Hall–Kier alpha value is -3.20. The zero-order valence-corrected chi connectivity index (χ0v) is 21.6. The number of hydrogen-bond acceptors (Lipinski definition) is 3. The van der Waals surface area contributed by atoms with E-state index in [2.05, 4.69) is 6.92 Å². The van der Waals surface area contributed by atoms with Crippen molar-refractivity contribution in [2.24, 2.45) is 0 Å². The second-order valence-electron chi connectivity index (χ2n) is 8.65. The van der Waals surface area contributed by atoms with Crippen LogP contribution in [0.3, 0.4) is 0 Å². The minimum Gasteiger partial charge on any atom is -0.508 e. The van der Waals surface area contributed by atoms with Crippen molar-refractivity contribution in [3.05, 3.63) is 95.6 Å². The number of phenolic OH excluding ortho intramolecular Hbond substituents is 1. The van der Waals surface area contributed by atoms with Crippen LogP contribution in [0.2, 0.25) is 0 Å². The monoisotopic (exact) mass is 552 g/mol. The van der Waals surface area contributed by atoms with Gasteiger partial charge in [-0.1, -0.05) is 61.5 Å². The van der Waals surface area contributed by atoms with Crippen molar-refractivity contribution >= 4 is 21.9 Å². The molecule has 38 heavy (non-hydrogen) atoms. The summed E-state index contributed by atoms with van der Waals surface area (Å²) in [6.45, 7) is 2.11. The molecule has 3 nitrogen and oxygen atoms in total. The predicted octanol–water partition coefficient (Wildman–Crippen LogP) is 7.87. The second-order valence-corrected chi connectivity index (χ2v) is 10.3. The number of benzene rings is 3. The van der Waals surface area contributed by atoms with Gasteiger partial charge < -0.3 is 9.84 Å². The smallest absolute Gasteiger partial charge is 0.453 e. The summed E-state index contributed by atoms with van der Waals surface area (Å²) in [5.41, 5.74) is 5.06. The van der Waals surface area contributed by atoms with Gasteiger partial charge in [-0.3, -0.25) is 4.21 Å². The minimum absolute atomic E-state index is 0.0198. The molecular formula is C29H29F5O3S. The lowest BCUT2D eigenvalue weighted by Gasteiger charge is -2.19. The zero-order chi connectivity index (χ0) is 27.8. The molecule has 0 aromatic heterocycles. The fraction of sp³-hybridized carbons (Fsp3) is 0.310. The molecule has 0 heterocycles. The van der Waals surface area contributed by atoms with Crippen LogP contribution in [-0.4, -0.2) is 39.5 Å². The number of hydrogen-bond donors (Lipinski definition) is 1. The van der Waals surface area contributed by atoms with E-state index in [-0.39, 0.29) is 23.9 Å². The average molecular weight is 553 g/mol. The lowest BCUT2D eigenvalue weighted by Crippen LogP contribution is -2.36. The molecule has 0 amide bonds. The van der Waals surface area contributed by atoms with E-state index in [4.69, 9.17) is 4.74 Å². The molecule has 1 unspecified atom stereocenters. The van der Waals surface area contributed by atoms with E-state index in [0.717, 1.165) is 34.3 Å². The maximum Gasteiger partial charge on any atom is 0.453 e. The van der Waals surface area contributed by atoms with Gasteiger partial charge in [-0.15, -0.1) is 0 Å². The molecule has 0 saturated carbocycles. The Bertz CT molecular complexity index is 1220. The first-order valence-corrected chi connectivity index (χ1v) is 13.6. The van der Waals surface area contributed by atoms with Gasteiger partial charge in [0.25, 0.3) is 0 Å². The Morgan fingerprint density at radius 3 is 1.95 bits per heavy atom. The first-order valence-electron chi connectivity index (χ1n) is 12.1. The molecule has 9 heteroatoms. The molecule has 0 bridgehead atoms. The van der Waals surface area contributed by atoms with E-state index in [9.17, 15) is 31.3 Å². The number of alkyl halides is 5. The SMILES string of the molecule is CCC(=C(c1ccc(O)cc1)c1ccc(OCCS(=O)CCCC(F)(F)C(F)(F)F)cc1)c1ccccc1. The van der Waals surface area contributed by atoms with E-state index in [1.54, 1.807) is 24.3 Å². The molecule has 0 radical (unpaired) electrons. The lowest BCUT2D eigenvalue weighted by molar-refractivity contribution is -0.284. The van der Waals surface area contributed by atoms with E-state index < -0.39 is 35.7 Å². The average Bonchev–Trinajstić information content (AvgIpc) is 2.88. The summed E-state index contributed by atoms with van der Waals surface area (Å²) in [5.74, 6) is -4.33. The summed E-state index contributed by atoms with van der Waals surface area (Å²) in [5, 5.41) is 9.76. The first kappa shape index (κ1) is 29.4. The molecule has 0 spiro atoms. The van der Waals surface area contributed by atoms with Gasteiger partial charge in [0, 0.05) is 23.0 Å². The Morgan fingerprint density at radius 2 is 1.39 bits per heavy atom. The van der Waals surface area contributed by atoms with Crippen LogP contribution < -0.4 is 4.74 Å². The van der Waals surface area contributed by atoms with Gasteiger partial charge in [-0.05, 0) is 64.9 Å². The highest BCUT2D eigenvalue weighted by Gasteiger charge is 2.56. The molecule has 3 rings (SSSR count). The molecule has 3 aromatic carbocycles. The van der Waals surface area contributed by atoms with Crippen LogP contribution >= 0.6 is 0 Å². The van der Waals surface area contributed by atoms with Gasteiger partial charge in [0.2, 0.25) is 0 Å². The van der Waals surface area contributed by atoms with Crippen LogP contribution in [0, 0.1) is 0 Å². The van der Waals surface area contributed by atoms with Gasteiger partial charge in [0.1, 0.15) is 11.5 Å². The molecule has 0 aliphatic heterocycles. The molecule has 204 valence electrons. The summed E-state index contributed by atoms with van der Waals surface area (Å²) < 4.78 is 80.3. The lowest BCUT2D eigenvalue weighted by atomic mass is 9.88. The highest BCUT2D eigenvalue weighted by Crippen LogP contribution is 2.39. The number of phenols is 1. The van der Waals surface area contributed by atoms with Crippen molar-refractivity contribution < 1.29 is 36.0 Å². The van der Waals surface area contributed by atoms with Gasteiger partial charge in [-0.25, -0.2) is 0 Å². The Labute approximate surface area is 221 Å². The molecule has 1 atom stereocenters. The maximum absolute atomic E-state index is 13.0. The van der Waals surface area contributed by atoms with Crippen molar-refractivity contribution in [2.75, 3.05) is 18.1 Å². The molecular weight excluding hydrogens is 523 g/mol. The molecule has 0 fully saturated rings. The van der Waals surface area contributed by atoms with Crippen LogP contribution in [0.1, 0.15) is 42.9 Å². The van der Waals surface area contributed by atoms with Gasteiger partial charge in [-0.2, -0.15) is 22.0 Å². The van der Waals surface area contributed by atoms with Crippen molar-refractivity contribution in [2.45, 2.75) is 38.3 Å². The van der Waals surface area contributed by atoms with Crippen molar-refractivity contribution in [3.63, 3.8) is 0 Å². The van der Waals surface area contributed by atoms with E-state index in [0.29, 0.717) is 5.75 Å². The Kier molecular flexibility index (Phi) is 10.1. The number of rotatable bonds is 12. The van der Waals surface area contributed by atoms with Crippen molar-refractivity contribution in [1.82, 2.24) is 0 Å². The number of allylic oxidation sites excluding steroid dienone is 1. The number of ether oxygens (including phenoxy) is 1. The highest BCUT2D eigenvalue weighted by molar-refractivity contribution is 7.84. The third-order valence-corrected chi connectivity index (χ3v) is 7.30. The van der Waals surface area contributed by atoms with Crippen molar-refractivity contribution in [3.8, 4) is 11.5 Å². The first-order chi connectivity index (χ1) is 18.0. The zero-order valence-electron chi connectivity index (χ0n) is 20.8. The van der Waals surface area contributed by atoms with Gasteiger partial charge in [0.15, 0.2) is 0 Å². The third-order valence-electron chi connectivity index (χ3n) is 5.93. The summed E-state index contributed by atoms with van der Waals surface area (Å²) in [6.07, 6.45) is -6.72. The fourth-order valence-electron chi connectivity index (χ4n) is 3.98. The quantitative estimate of drug-likeness (QED) is 0.184. The van der Waals surface area contributed by atoms with Crippen LogP contribution in [0.25, 0.3) is 11.1 Å². The molecule has 3 aromatic rings. The largest absolute Gasteiger partial charge is 0.508 e. The normalized spacial score (nSPS) is 13.6. The van der Waals surface area contributed by atoms with E-state index in [1.165, 1.54) is 0 Å². The summed E-state index contributed by atoms with van der Waals surface area (Å²) >= 11 is 0. The van der Waals surface area contributed by atoms with Gasteiger partial charge >= 0.3 is 12.1 Å². The van der Waals surface area contributed by atoms with E-state index >= 15 is 0 Å². The summed E-state index contributed by atoms with van der Waals surface area (Å²) in [6, 6.07) is 24.3. The second kappa shape index (κ2) is 13.0. The standard InChI is InChI=1S/C29H29F5O3S/c1-2-26(21-7-4-3-5-8-21)27(22-9-13-24(35)14-10-22)23-11-15-25(16-12-23)37-18-20-38(36)19-6-17-28(30,31)29(32,33)34/h3-5,7-16,35H,2,6,17-20H2,1H3. The Balaban J connectivity index is 1.67. The summed E-state index contributed by atoms with van der Waals surface area (Å²) in [7, 11) is -1.58. The molecule has 0 aliphatic rings. The molecule has 0 aliphatic carbocycles.